The van der Waals surface area contributed by atoms with Gasteiger partial charge in [-0.2, -0.15) is 13.2 Å². The lowest BCUT2D eigenvalue weighted by Gasteiger charge is -2.29. The minimum Gasteiger partial charge on any atom is -0.459 e. The van der Waals surface area contributed by atoms with E-state index >= 15 is 0 Å². The van der Waals surface area contributed by atoms with Crippen LogP contribution in [-0.4, -0.2) is 18.2 Å². The molecular weight excluding hydrogens is 293 g/mol. The van der Waals surface area contributed by atoms with Crippen LogP contribution in [-0.2, 0) is 9.53 Å². The third-order valence-electron chi connectivity index (χ3n) is 4.05. The van der Waals surface area contributed by atoms with E-state index in [1.807, 2.05) is 13.8 Å². The Kier molecular flexibility index (Phi) is 9.45. The number of carbonyl (C=O) groups is 1. The smallest absolute Gasteiger partial charge is 0.391 e. The Labute approximate surface area is 132 Å². The Balaban J connectivity index is 4.84. The van der Waals surface area contributed by atoms with Crippen molar-refractivity contribution >= 4 is 5.97 Å². The Morgan fingerprint density at radius 2 is 1.82 bits per heavy atom. The number of alkyl halides is 3. The first kappa shape index (κ1) is 21.0. The van der Waals surface area contributed by atoms with Crippen LogP contribution in [0.1, 0.15) is 66.2 Å². The number of hydrogen-bond donors (Lipinski definition) is 0. The van der Waals surface area contributed by atoms with Gasteiger partial charge in [-0.15, -0.1) is 0 Å². The molecule has 0 radical (unpaired) electrons. The van der Waals surface area contributed by atoms with Crippen LogP contribution in [0.5, 0.6) is 0 Å². The first-order valence-electron chi connectivity index (χ1n) is 8.06. The third-order valence-corrected chi connectivity index (χ3v) is 4.05. The highest BCUT2D eigenvalue weighted by molar-refractivity contribution is 5.87. The predicted octanol–water partition coefficient (Wildman–Crippen LogP) is 5.67. The molecule has 0 saturated carbocycles. The van der Waals surface area contributed by atoms with E-state index in [4.69, 9.17) is 4.74 Å². The average Bonchev–Trinajstić information content (AvgIpc) is 2.43. The van der Waals surface area contributed by atoms with Crippen LogP contribution in [0, 0.1) is 11.8 Å². The van der Waals surface area contributed by atoms with E-state index in [2.05, 4.69) is 6.58 Å². The average molecular weight is 322 g/mol. The van der Waals surface area contributed by atoms with Crippen LogP contribution >= 0.6 is 0 Å². The van der Waals surface area contributed by atoms with Crippen LogP contribution in [0.4, 0.5) is 13.2 Å². The van der Waals surface area contributed by atoms with Gasteiger partial charge >= 0.3 is 12.1 Å². The Morgan fingerprint density at radius 3 is 2.23 bits per heavy atom. The lowest BCUT2D eigenvalue weighted by molar-refractivity contribution is -0.187. The number of halogens is 3. The third kappa shape index (κ3) is 7.85. The number of hydrogen-bond acceptors (Lipinski definition) is 2. The van der Waals surface area contributed by atoms with Crippen LogP contribution in [0.2, 0.25) is 0 Å². The topological polar surface area (TPSA) is 26.3 Å². The summed E-state index contributed by atoms with van der Waals surface area (Å²) in [5.41, 5.74) is 0.268. The summed E-state index contributed by atoms with van der Waals surface area (Å²) in [7, 11) is 0. The summed E-state index contributed by atoms with van der Waals surface area (Å²) in [5.74, 6) is -2.44. The summed E-state index contributed by atoms with van der Waals surface area (Å²) >= 11 is 0. The maximum atomic E-state index is 13.0. The molecule has 0 amide bonds. The van der Waals surface area contributed by atoms with E-state index in [-0.39, 0.29) is 12.0 Å². The van der Waals surface area contributed by atoms with Gasteiger partial charge in [0.1, 0.15) is 6.10 Å². The molecule has 0 saturated heterocycles. The molecule has 0 aromatic heterocycles. The quantitative estimate of drug-likeness (QED) is 0.294. The van der Waals surface area contributed by atoms with Crippen molar-refractivity contribution in [2.24, 2.45) is 11.8 Å². The van der Waals surface area contributed by atoms with Crippen molar-refractivity contribution in [3.05, 3.63) is 12.2 Å². The summed E-state index contributed by atoms with van der Waals surface area (Å²) in [4.78, 5) is 11.6. The molecule has 3 atom stereocenters. The number of esters is 1. The molecule has 3 unspecified atom stereocenters. The zero-order valence-corrected chi connectivity index (χ0v) is 14.1. The molecule has 0 aromatic carbocycles. The lowest BCUT2D eigenvalue weighted by atomic mass is 9.83. The monoisotopic (exact) mass is 322 g/mol. The Bertz CT molecular complexity index is 350. The molecule has 0 rings (SSSR count). The van der Waals surface area contributed by atoms with Crippen molar-refractivity contribution < 1.29 is 22.7 Å². The number of unbranched alkanes of at least 4 members (excludes halogenated alkanes) is 2. The molecule has 5 heteroatoms. The van der Waals surface area contributed by atoms with Crippen molar-refractivity contribution in [3.63, 3.8) is 0 Å². The second-order valence-corrected chi connectivity index (χ2v) is 6.04. The van der Waals surface area contributed by atoms with E-state index in [1.165, 1.54) is 13.8 Å². The van der Waals surface area contributed by atoms with Crippen LogP contribution in [0.15, 0.2) is 12.2 Å². The minimum atomic E-state index is -4.21. The SMILES string of the molecule is C=C(C)C(=O)OC(CC)CC(CCCCC)C(C)C(F)(F)F. The predicted molar refractivity (Wildman–Crippen MR) is 82.5 cm³/mol. The Hall–Kier alpha value is -1.00. The van der Waals surface area contributed by atoms with E-state index in [1.54, 1.807) is 0 Å². The van der Waals surface area contributed by atoms with Gasteiger partial charge in [-0.25, -0.2) is 4.79 Å². The van der Waals surface area contributed by atoms with Crippen LogP contribution in [0.3, 0.4) is 0 Å². The summed E-state index contributed by atoms with van der Waals surface area (Å²) in [5, 5.41) is 0. The molecule has 0 aliphatic rings. The second kappa shape index (κ2) is 9.90. The first-order chi connectivity index (χ1) is 10.1. The fraction of sp³-hybridized carbons (Fsp3) is 0.824. The molecule has 0 bridgehead atoms. The molecule has 22 heavy (non-hydrogen) atoms. The standard InChI is InChI=1S/C17H29F3O2/c1-6-8-9-10-14(13(5)17(18,19)20)11-15(7-2)22-16(21)12(3)4/h13-15H,3,6-11H2,1-2,4-5H3. The van der Waals surface area contributed by atoms with Crippen LogP contribution < -0.4 is 0 Å². The van der Waals surface area contributed by atoms with E-state index in [0.717, 1.165) is 19.3 Å². The van der Waals surface area contributed by atoms with Gasteiger partial charge in [-0.3, -0.25) is 0 Å². The van der Waals surface area contributed by atoms with E-state index in [9.17, 15) is 18.0 Å². The molecule has 0 heterocycles. The fourth-order valence-electron chi connectivity index (χ4n) is 2.38. The minimum absolute atomic E-state index is 0.250. The summed E-state index contributed by atoms with van der Waals surface area (Å²) in [6.07, 6.45) is -0.775. The molecule has 0 aliphatic heterocycles. The molecule has 2 nitrogen and oxygen atoms in total. The molecule has 0 N–H and O–H groups in total. The van der Waals surface area contributed by atoms with Gasteiger partial charge in [0.05, 0.1) is 5.92 Å². The fourth-order valence-corrected chi connectivity index (χ4v) is 2.38. The highest BCUT2D eigenvalue weighted by Gasteiger charge is 2.41. The number of rotatable bonds is 10. The van der Waals surface area contributed by atoms with Gasteiger partial charge in [-0.1, -0.05) is 46.6 Å². The van der Waals surface area contributed by atoms with Crippen LogP contribution in [0.25, 0.3) is 0 Å². The first-order valence-corrected chi connectivity index (χ1v) is 8.06. The summed E-state index contributed by atoms with van der Waals surface area (Å²) < 4.78 is 44.3. The Morgan fingerprint density at radius 1 is 1.23 bits per heavy atom. The van der Waals surface area contributed by atoms with Crippen molar-refractivity contribution in [1.29, 1.82) is 0 Å². The van der Waals surface area contributed by atoms with E-state index < -0.39 is 30.1 Å². The molecule has 0 fully saturated rings. The molecule has 0 spiro atoms. The zero-order valence-electron chi connectivity index (χ0n) is 14.1. The summed E-state index contributed by atoms with van der Waals surface area (Å²) in [6, 6.07) is 0. The molecule has 0 aliphatic carbocycles. The number of ether oxygens (including phenoxy) is 1. The largest absolute Gasteiger partial charge is 0.459 e. The summed E-state index contributed by atoms with van der Waals surface area (Å²) in [6.45, 7) is 10.1. The second-order valence-electron chi connectivity index (χ2n) is 6.04. The van der Waals surface area contributed by atoms with Crippen molar-refractivity contribution in [3.8, 4) is 0 Å². The normalized spacial score (nSPS) is 16.0. The lowest BCUT2D eigenvalue weighted by Crippen LogP contribution is -2.31. The van der Waals surface area contributed by atoms with Gasteiger partial charge in [-0.05, 0) is 32.1 Å². The highest BCUT2D eigenvalue weighted by atomic mass is 19.4. The highest BCUT2D eigenvalue weighted by Crippen LogP contribution is 2.37. The van der Waals surface area contributed by atoms with Gasteiger partial charge in [0.2, 0.25) is 0 Å². The molecule has 0 aromatic rings. The zero-order chi connectivity index (χ0) is 17.3. The van der Waals surface area contributed by atoms with Gasteiger partial charge < -0.3 is 4.74 Å². The van der Waals surface area contributed by atoms with Gasteiger partial charge in [0.25, 0.3) is 0 Å². The van der Waals surface area contributed by atoms with Gasteiger partial charge in [0, 0.05) is 5.57 Å². The maximum Gasteiger partial charge on any atom is 0.391 e. The molecule has 130 valence electrons. The maximum absolute atomic E-state index is 13.0. The van der Waals surface area contributed by atoms with Gasteiger partial charge in [0.15, 0.2) is 0 Å². The van der Waals surface area contributed by atoms with Crippen molar-refractivity contribution in [2.45, 2.75) is 78.5 Å². The number of carbonyl (C=O) groups excluding carboxylic acids is 1. The van der Waals surface area contributed by atoms with Crippen molar-refractivity contribution in [2.75, 3.05) is 0 Å². The van der Waals surface area contributed by atoms with E-state index in [0.29, 0.717) is 12.8 Å². The van der Waals surface area contributed by atoms with Crippen molar-refractivity contribution in [1.82, 2.24) is 0 Å². The molecular formula is C17H29F3O2.